The van der Waals surface area contributed by atoms with Gasteiger partial charge < -0.3 is 15.3 Å². The predicted molar refractivity (Wildman–Crippen MR) is 119 cm³/mol. The van der Waals surface area contributed by atoms with E-state index in [-0.39, 0.29) is 18.2 Å². The molecule has 6 rings (SSSR count). The van der Waals surface area contributed by atoms with Gasteiger partial charge in [-0.25, -0.2) is 4.98 Å². The Morgan fingerprint density at radius 3 is 2.97 bits per heavy atom. The highest BCUT2D eigenvalue weighted by Crippen LogP contribution is 2.65. The molecule has 3 heterocycles. The van der Waals surface area contributed by atoms with E-state index in [1.54, 1.807) is 9.30 Å². The number of aromatic nitrogens is 2. The van der Waals surface area contributed by atoms with Gasteiger partial charge >= 0.3 is 0 Å². The molecule has 4 fully saturated rings. The van der Waals surface area contributed by atoms with Crippen molar-refractivity contribution in [2.75, 3.05) is 19.6 Å². The second-order valence-corrected chi connectivity index (χ2v) is 10.7. The normalized spacial score (nSPS) is 33.2. The largest absolute Gasteiger partial charge is 0.391 e. The minimum absolute atomic E-state index is 0.0243. The third kappa shape index (κ3) is 3.60. The molecule has 0 radical (unpaired) electrons. The van der Waals surface area contributed by atoms with Crippen molar-refractivity contribution in [1.82, 2.24) is 19.6 Å². The maximum Gasteiger partial charge on any atom is 0.268 e. The number of carbonyl (C=O) groups excluding carboxylic acids is 2. The maximum absolute atomic E-state index is 13.1. The van der Waals surface area contributed by atoms with E-state index in [0.717, 1.165) is 37.1 Å². The van der Waals surface area contributed by atoms with Crippen molar-refractivity contribution in [3.8, 4) is 0 Å². The highest BCUT2D eigenvalue weighted by Gasteiger charge is 2.57. The number of fused-ring (bicyclic) bond motifs is 5. The molecule has 2 bridgehead atoms. The van der Waals surface area contributed by atoms with E-state index in [2.05, 4.69) is 10.3 Å². The van der Waals surface area contributed by atoms with Crippen LogP contribution in [0.3, 0.4) is 0 Å². The summed E-state index contributed by atoms with van der Waals surface area (Å²) in [6.07, 6.45) is 9.68. The van der Waals surface area contributed by atoms with Crippen LogP contribution in [0.15, 0.2) is 24.4 Å². The molecule has 0 spiro atoms. The molecule has 2 N–H and O–H groups in total. The van der Waals surface area contributed by atoms with Gasteiger partial charge in [0.05, 0.1) is 18.2 Å². The molecule has 0 aromatic carbocycles. The number of aliphatic hydroxyl groups excluding tert-OH is 1. The summed E-state index contributed by atoms with van der Waals surface area (Å²) in [5, 5.41) is 13.1. The Labute approximate surface area is 188 Å². The quantitative estimate of drug-likeness (QED) is 0.754. The smallest absolute Gasteiger partial charge is 0.268 e. The number of β-amino-alcohol motifs (C(OH)–C–C–N with tert-alkyl or cyclic N) is 1. The Bertz CT molecular complexity index is 1060. The molecule has 3 saturated carbocycles. The summed E-state index contributed by atoms with van der Waals surface area (Å²) in [4.78, 5) is 32.1. The Kier molecular flexibility index (Phi) is 4.79. The number of aliphatic hydroxyl groups is 1. The third-order valence-electron chi connectivity index (χ3n) is 8.50. The molecule has 2 aromatic rings. The molecule has 5 unspecified atom stereocenters. The molecule has 1 saturated heterocycles. The molecule has 5 atom stereocenters. The molecule has 4 aliphatic rings. The summed E-state index contributed by atoms with van der Waals surface area (Å²) >= 11 is 0. The highest BCUT2D eigenvalue weighted by molar-refractivity contribution is 5.93. The summed E-state index contributed by atoms with van der Waals surface area (Å²) in [5.74, 6) is 2.69. The standard InChI is InChI=1S/C25H32N4O3/c30-19-3-2-8-28(14-19)23(31)10-18-13-29-21(4-1-5-22(29)27-18)24(32)26-15-25-7-6-16(11-25)20-9-17(20)12-25/h1,4-5,13,16-17,19-20,30H,2-3,6-12,14-15H2,(H,26,32). The van der Waals surface area contributed by atoms with Gasteiger partial charge in [-0.2, -0.15) is 0 Å². The van der Waals surface area contributed by atoms with E-state index < -0.39 is 6.10 Å². The minimum Gasteiger partial charge on any atom is -0.391 e. The zero-order valence-electron chi connectivity index (χ0n) is 18.5. The summed E-state index contributed by atoms with van der Waals surface area (Å²) in [5.41, 5.74) is 2.20. The molecular formula is C25H32N4O3. The van der Waals surface area contributed by atoms with E-state index in [1.807, 2.05) is 24.4 Å². The molecule has 7 nitrogen and oxygen atoms in total. The fourth-order valence-electron chi connectivity index (χ4n) is 6.81. The number of nitrogens with one attached hydrogen (secondary N) is 1. The zero-order valence-corrected chi connectivity index (χ0v) is 18.5. The average Bonchev–Trinajstić information content (AvgIpc) is 3.30. The first kappa shape index (κ1) is 20.2. The van der Waals surface area contributed by atoms with Crippen molar-refractivity contribution in [2.24, 2.45) is 23.2 Å². The Morgan fingerprint density at radius 2 is 2.09 bits per heavy atom. The number of rotatable bonds is 5. The van der Waals surface area contributed by atoms with Crippen molar-refractivity contribution in [1.29, 1.82) is 0 Å². The minimum atomic E-state index is -0.436. The molecule has 2 amide bonds. The van der Waals surface area contributed by atoms with Gasteiger partial charge in [-0.05, 0) is 80.2 Å². The fourth-order valence-corrected chi connectivity index (χ4v) is 6.81. The Balaban J connectivity index is 1.15. The first-order valence-electron chi connectivity index (χ1n) is 12.2. The number of carbonyl (C=O) groups is 2. The van der Waals surface area contributed by atoms with E-state index in [4.69, 9.17) is 0 Å². The Hall–Kier alpha value is -2.41. The summed E-state index contributed by atoms with van der Waals surface area (Å²) in [7, 11) is 0. The zero-order chi connectivity index (χ0) is 21.9. The van der Waals surface area contributed by atoms with Gasteiger partial charge in [0, 0.05) is 25.8 Å². The van der Waals surface area contributed by atoms with Crippen LogP contribution >= 0.6 is 0 Å². The lowest BCUT2D eigenvalue weighted by atomic mass is 9.75. The summed E-state index contributed by atoms with van der Waals surface area (Å²) in [6.45, 7) is 1.84. The number of imidazole rings is 1. The van der Waals surface area contributed by atoms with Crippen LogP contribution in [0, 0.1) is 23.2 Å². The molecular weight excluding hydrogens is 404 g/mol. The first-order chi connectivity index (χ1) is 15.5. The average molecular weight is 437 g/mol. The van der Waals surface area contributed by atoms with Crippen molar-refractivity contribution in [3.63, 3.8) is 0 Å². The van der Waals surface area contributed by atoms with Gasteiger partial charge in [0.15, 0.2) is 0 Å². The third-order valence-corrected chi connectivity index (χ3v) is 8.50. The van der Waals surface area contributed by atoms with Crippen LogP contribution in [0.4, 0.5) is 0 Å². The number of hydrogen-bond acceptors (Lipinski definition) is 4. The van der Waals surface area contributed by atoms with Gasteiger partial charge in [-0.1, -0.05) is 6.07 Å². The highest BCUT2D eigenvalue weighted by atomic mass is 16.3. The van der Waals surface area contributed by atoms with Gasteiger partial charge in [0.1, 0.15) is 11.3 Å². The maximum atomic E-state index is 13.1. The van der Waals surface area contributed by atoms with Crippen molar-refractivity contribution < 1.29 is 14.7 Å². The van der Waals surface area contributed by atoms with Gasteiger partial charge in [-0.3, -0.25) is 14.0 Å². The SMILES string of the molecule is O=C(NCC12CCC(C1)C1CC1C2)c1cccc2nc(CC(=O)N3CCCC(O)C3)cn12. The van der Waals surface area contributed by atoms with Crippen LogP contribution in [-0.4, -0.2) is 56.9 Å². The van der Waals surface area contributed by atoms with E-state index >= 15 is 0 Å². The van der Waals surface area contributed by atoms with Crippen LogP contribution in [-0.2, 0) is 11.2 Å². The van der Waals surface area contributed by atoms with Crippen LogP contribution in [0.25, 0.3) is 5.65 Å². The molecule has 170 valence electrons. The number of pyridine rings is 1. The van der Waals surface area contributed by atoms with Gasteiger partial charge in [-0.15, -0.1) is 0 Å². The number of nitrogens with zero attached hydrogens (tertiary/aromatic N) is 3. The summed E-state index contributed by atoms with van der Waals surface area (Å²) in [6, 6.07) is 5.54. The van der Waals surface area contributed by atoms with Crippen molar-refractivity contribution >= 4 is 17.5 Å². The topological polar surface area (TPSA) is 86.9 Å². The van der Waals surface area contributed by atoms with E-state index in [9.17, 15) is 14.7 Å². The number of amides is 2. The van der Waals surface area contributed by atoms with Crippen LogP contribution in [0.2, 0.25) is 0 Å². The second kappa shape index (κ2) is 7.58. The van der Waals surface area contributed by atoms with Crippen LogP contribution in [0.1, 0.15) is 61.1 Å². The van der Waals surface area contributed by atoms with Crippen LogP contribution < -0.4 is 5.32 Å². The predicted octanol–water partition coefficient (Wildman–Crippen LogP) is 2.42. The molecule has 2 aromatic heterocycles. The number of hydrogen-bond donors (Lipinski definition) is 2. The monoisotopic (exact) mass is 436 g/mol. The first-order valence-corrected chi connectivity index (χ1v) is 12.2. The lowest BCUT2D eigenvalue weighted by molar-refractivity contribution is -0.133. The second-order valence-electron chi connectivity index (χ2n) is 10.7. The summed E-state index contributed by atoms with van der Waals surface area (Å²) < 4.78 is 1.80. The van der Waals surface area contributed by atoms with Crippen molar-refractivity contribution in [2.45, 2.75) is 57.5 Å². The lowest BCUT2D eigenvalue weighted by Crippen LogP contribution is -2.42. The van der Waals surface area contributed by atoms with Crippen LogP contribution in [0.5, 0.6) is 0 Å². The fraction of sp³-hybridized carbons (Fsp3) is 0.640. The van der Waals surface area contributed by atoms with E-state index in [0.29, 0.717) is 35.5 Å². The molecule has 7 heteroatoms. The molecule has 1 aliphatic heterocycles. The lowest BCUT2D eigenvalue weighted by Gasteiger charge is -2.33. The van der Waals surface area contributed by atoms with E-state index in [1.165, 1.54) is 32.1 Å². The molecule has 32 heavy (non-hydrogen) atoms. The van der Waals surface area contributed by atoms with Crippen molar-refractivity contribution in [3.05, 3.63) is 35.8 Å². The van der Waals surface area contributed by atoms with Gasteiger partial charge in [0.2, 0.25) is 5.91 Å². The Morgan fingerprint density at radius 1 is 1.22 bits per heavy atom. The number of piperidine rings is 1. The number of likely N-dealkylation sites (tertiary alicyclic amines) is 1. The van der Waals surface area contributed by atoms with Gasteiger partial charge in [0.25, 0.3) is 5.91 Å². The molecule has 3 aliphatic carbocycles.